The van der Waals surface area contributed by atoms with E-state index in [1.165, 1.54) is 0 Å². The van der Waals surface area contributed by atoms with Gasteiger partial charge >= 0.3 is 0 Å². The van der Waals surface area contributed by atoms with E-state index in [1.807, 2.05) is 19.1 Å². The van der Waals surface area contributed by atoms with E-state index >= 15 is 0 Å². The monoisotopic (exact) mass is 251 g/mol. The normalized spacial score (nSPS) is 14.2. The van der Waals surface area contributed by atoms with Crippen LogP contribution in [0, 0.1) is 0 Å². The van der Waals surface area contributed by atoms with Crippen molar-refractivity contribution in [3.05, 3.63) is 24.2 Å². The first-order chi connectivity index (χ1) is 7.97. The number of aromatic nitrogens is 3. The zero-order chi connectivity index (χ0) is 12.6. The van der Waals surface area contributed by atoms with E-state index in [-0.39, 0.29) is 10.9 Å². The molecule has 0 spiro atoms. The summed E-state index contributed by atoms with van der Waals surface area (Å²) >= 11 is 6.23. The molecule has 0 aliphatic rings. The third-order valence-corrected chi connectivity index (χ3v) is 3.46. The molecule has 2 aromatic rings. The lowest BCUT2D eigenvalue weighted by molar-refractivity contribution is 0.339. The molecule has 92 valence electrons. The van der Waals surface area contributed by atoms with Crippen LogP contribution < -0.4 is 0 Å². The van der Waals surface area contributed by atoms with Gasteiger partial charge in [-0.2, -0.15) is 0 Å². The number of nitrogens with zero attached hydrogens (tertiary/aromatic N) is 3. The van der Waals surface area contributed by atoms with Gasteiger partial charge in [0.05, 0.1) is 5.38 Å². The van der Waals surface area contributed by atoms with E-state index in [1.54, 1.807) is 6.20 Å². The standard InChI is InChI=1S/C13H18ClN3/c1-5-13(3,4)17-11(9(2)14)16-10-7-6-8-15-12(10)17/h6-9H,5H2,1-4H3. The summed E-state index contributed by atoms with van der Waals surface area (Å²) in [4.78, 5) is 9.04. The van der Waals surface area contributed by atoms with Crippen molar-refractivity contribution in [1.82, 2.24) is 14.5 Å². The van der Waals surface area contributed by atoms with E-state index in [9.17, 15) is 0 Å². The first-order valence-electron chi connectivity index (χ1n) is 5.95. The van der Waals surface area contributed by atoms with Crippen LogP contribution in [0.2, 0.25) is 0 Å². The van der Waals surface area contributed by atoms with Crippen LogP contribution in [0.5, 0.6) is 0 Å². The highest BCUT2D eigenvalue weighted by molar-refractivity contribution is 6.20. The van der Waals surface area contributed by atoms with Gasteiger partial charge in [0.1, 0.15) is 11.3 Å². The number of alkyl halides is 1. The zero-order valence-electron chi connectivity index (χ0n) is 10.7. The number of pyridine rings is 1. The molecule has 0 fully saturated rings. The van der Waals surface area contributed by atoms with Crippen molar-refractivity contribution >= 4 is 22.8 Å². The second-order valence-electron chi connectivity index (χ2n) is 4.93. The zero-order valence-corrected chi connectivity index (χ0v) is 11.5. The van der Waals surface area contributed by atoms with Gasteiger partial charge in [0, 0.05) is 11.7 Å². The Morgan fingerprint density at radius 3 is 2.76 bits per heavy atom. The van der Waals surface area contributed by atoms with Crippen molar-refractivity contribution in [3.63, 3.8) is 0 Å². The Labute approximate surface area is 107 Å². The summed E-state index contributed by atoms with van der Waals surface area (Å²) in [7, 11) is 0. The quantitative estimate of drug-likeness (QED) is 0.776. The summed E-state index contributed by atoms with van der Waals surface area (Å²) in [6.07, 6.45) is 2.81. The molecule has 2 rings (SSSR count). The summed E-state index contributed by atoms with van der Waals surface area (Å²) in [5, 5.41) is -0.116. The Morgan fingerprint density at radius 1 is 1.47 bits per heavy atom. The number of hydrogen-bond donors (Lipinski definition) is 0. The summed E-state index contributed by atoms with van der Waals surface area (Å²) < 4.78 is 2.17. The van der Waals surface area contributed by atoms with Crippen LogP contribution in [-0.4, -0.2) is 14.5 Å². The lowest BCUT2D eigenvalue weighted by atomic mass is 10.0. The van der Waals surface area contributed by atoms with Crippen molar-refractivity contribution in [2.75, 3.05) is 0 Å². The highest BCUT2D eigenvalue weighted by Gasteiger charge is 2.26. The lowest BCUT2D eigenvalue weighted by Gasteiger charge is -2.28. The number of fused-ring (bicyclic) bond motifs is 1. The molecule has 0 saturated heterocycles. The molecule has 0 saturated carbocycles. The molecule has 4 heteroatoms. The van der Waals surface area contributed by atoms with Gasteiger partial charge in [0.2, 0.25) is 0 Å². The first kappa shape index (κ1) is 12.4. The lowest BCUT2D eigenvalue weighted by Crippen LogP contribution is -2.27. The maximum absolute atomic E-state index is 6.23. The summed E-state index contributed by atoms with van der Waals surface area (Å²) in [5.74, 6) is 0.896. The summed E-state index contributed by atoms with van der Waals surface area (Å²) in [6.45, 7) is 8.49. The summed E-state index contributed by atoms with van der Waals surface area (Å²) in [5.41, 5.74) is 1.81. The number of halogens is 1. The van der Waals surface area contributed by atoms with Crippen LogP contribution in [-0.2, 0) is 5.54 Å². The second kappa shape index (κ2) is 4.30. The van der Waals surface area contributed by atoms with Crippen LogP contribution >= 0.6 is 11.6 Å². The molecule has 1 unspecified atom stereocenters. The van der Waals surface area contributed by atoms with E-state index in [0.29, 0.717) is 0 Å². The molecule has 3 nitrogen and oxygen atoms in total. The van der Waals surface area contributed by atoms with E-state index in [0.717, 1.165) is 23.4 Å². The van der Waals surface area contributed by atoms with Gasteiger partial charge in [0.15, 0.2) is 5.65 Å². The molecule has 0 amide bonds. The molecular weight excluding hydrogens is 234 g/mol. The molecule has 0 aliphatic heterocycles. The maximum Gasteiger partial charge on any atom is 0.160 e. The topological polar surface area (TPSA) is 30.7 Å². The van der Waals surface area contributed by atoms with Crippen molar-refractivity contribution in [2.24, 2.45) is 0 Å². The van der Waals surface area contributed by atoms with Gasteiger partial charge < -0.3 is 4.57 Å². The van der Waals surface area contributed by atoms with Crippen molar-refractivity contribution in [3.8, 4) is 0 Å². The van der Waals surface area contributed by atoms with Crippen LogP contribution in [0.25, 0.3) is 11.2 Å². The molecule has 0 aromatic carbocycles. The summed E-state index contributed by atoms with van der Waals surface area (Å²) in [6, 6.07) is 3.88. The van der Waals surface area contributed by atoms with Crippen LogP contribution in [0.15, 0.2) is 18.3 Å². The smallest absolute Gasteiger partial charge is 0.160 e. The number of hydrogen-bond acceptors (Lipinski definition) is 2. The molecule has 0 radical (unpaired) electrons. The van der Waals surface area contributed by atoms with Crippen LogP contribution in [0.4, 0.5) is 0 Å². The molecule has 2 heterocycles. The molecule has 2 aromatic heterocycles. The first-order valence-corrected chi connectivity index (χ1v) is 6.39. The van der Waals surface area contributed by atoms with Gasteiger partial charge in [-0.15, -0.1) is 11.6 Å². The fraction of sp³-hybridized carbons (Fsp3) is 0.538. The third kappa shape index (κ3) is 2.04. The average molecular weight is 252 g/mol. The maximum atomic E-state index is 6.23. The minimum Gasteiger partial charge on any atom is -0.306 e. The molecule has 1 atom stereocenters. The number of imidazole rings is 1. The van der Waals surface area contributed by atoms with Crippen LogP contribution in [0.1, 0.15) is 45.3 Å². The SMILES string of the molecule is CCC(C)(C)n1c(C(C)Cl)nc2cccnc21. The Bertz CT molecular complexity index is 528. The molecule has 0 N–H and O–H groups in total. The van der Waals surface area contributed by atoms with Gasteiger partial charge in [-0.05, 0) is 39.3 Å². The fourth-order valence-corrected chi connectivity index (χ4v) is 2.10. The van der Waals surface area contributed by atoms with Crippen molar-refractivity contribution in [1.29, 1.82) is 0 Å². The largest absolute Gasteiger partial charge is 0.306 e. The van der Waals surface area contributed by atoms with Gasteiger partial charge in [-0.25, -0.2) is 9.97 Å². The van der Waals surface area contributed by atoms with Crippen molar-refractivity contribution in [2.45, 2.75) is 45.0 Å². The third-order valence-electron chi connectivity index (χ3n) is 3.27. The van der Waals surface area contributed by atoms with E-state index in [2.05, 4.69) is 35.3 Å². The Kier molecular flexibility index (Phi) is 3.13. The predicted octanol–water partition coefficient (Wildman–Crippen LogP) is 3.88. The molecule has 0 bridgehead atoms. The Hall–Kier alpha value is -1.09. The predicted molar refractivity (Wildman–Crippen MR) is 71.4 cm³/mol. The van der Waals surface area contributed by atoms with Crippen molar-refractivity contribution < 1.29 is 0 Å². The molecule has 17 heavy (non-hydrogen) atoms. The molecular formula is C13H18ClN3. The van der Waals surface area contributed by atoms with Gasteiger partial charge in [0.25, 0.3) is 0 Å². The van der Waals surface area contributed by atoms with Gasteiger partial charge in [-0.1, -0.05) is 6.92 Å². The highest BCUT2D eigenvalue weighted by atomic mass is 35.5. The minimum absolute atomic E-state index is 0.0262. The average Bonchev–Trinajstić information content (AvgIpc) is 2.69. The van der Waals surface area contributed by atoms with E-state index < -0.39 is 0 Å². The highest BCUT2D eigenvalue weighted by Crippen LogP contribution is 2.31. The fourth-order valence-electron chi connectivity index (χ4n) is 1.95. The number of rotatable bonds is 3. The molecule has 0 aliphatic carbocycles. The minimum atomic E-state index is -0.116. The van der Waals surface area contributed by atoms with Crippen LogP contribution in [0.3, 0.4) is 0 Å². The Balaban J connectivity index is 2.77. The van der Waals surface area contributed by atoms with E-state index in [4.69, 9.17) is 11.6 Å². The van der Waals surface area contributed by atoms with Gasteiger partial charge in [-0.3, -0.25) is 0 Å². The Morgan fingerprint density at radius 2 is 2.18 bits per heavy atom. The second-order valence-corrected chi connectivity index (χ2v) is 5.59.